The van der Waals surface area contributed by atoms with Gasteiger partial charge in [-0.05, 0) is 34.0 Å². The van der Waals surface area contributed by atoms with Gasteiger partial charge >= 0.3 is 0 Å². The quantitative estimate of drug-likeness (QED) is 0.569. The highest BCUT2D eigenvalue weighted by Gasteiger charge is 2.15. The van der Waals surface area contributed by atoms with Crippen molar-refractivity contribution >= 4 is 44.9 Å². The molecule has 4 N–H and O–H groups in total. The molecule has 0 aliphatic carbocycles. The van der Waals surface area contributed by atoms with Gasteiger partial charge in [0.25, 0.3) is 0 Å². The van der Waals surface area contributed by atoms with Crippen LogP contribution in [0, 0.1) is 0 Å². The minimum absolute atomic E-state index is 0.211. The summed E-state index contributed by atoms with van der Waals surface area (Å²) in [7, 11) is 0. The minimum Gasteiger partial charge on any atom is -0.339 e. The van der Waals surface area contributed by atoms with Crippen LogP contribution in [-0.2, 0) is 0 Å². The van der Waals surface area contributed by atoms with E-state index in [2.05, 4.69) is 50.5 Å². The summed E-state index contributed by atoms with van der Waals surface area (Å²) in [4.78, 5) is 8.43. The minimum atomic E-state index is 0.211. The van der Waals surface area contributed by atoms with E-state index < -0.39 is 0 Å². The van der Waals surface area contributed by atoms with Crippen LogP contribution in [0.4, 0.5) is 17.3 Å². The molecular formula is C13H15BrClN5. The Morgan fingerprint density at radius 1 is 1.25 bits per heavy atom. The van der Waals surface area contributed by atoms with Gasteiger partial charge < -0.3 is 10.7 Å². The molecule has 0 spiro atoms. The summed E-state index contributed by atoms with van der Waals surface area (Å²) in [6.45, 7) is 4.11. The fraction of sp³-hybridized carbons (Fsp3) is 0.231. The van der Waals surface area contributed by atoms with Crippen molar-refractivity contribution in [3.8, 4) is 0 Å². The normalized spacial score (nSPS) is 10.7. The second-order valence-electron chi connectivity index (χ2n) is 4.51. The standard InChI is InChI=1S/C13H15BrClN5/c1-7(2)10-12(17-6-18-13(10)20-16)19-9-5-3-4-8(15)11(9)14/h3-7H,16H2,1-2H3,(H2,17,18,19,20). The van der Waals surface area contributed by atoms with E-state index in [4.69, 9.17) is 17.4 Å². The van der Waals surface area contributed by atoms with Crippen molar-refractivity contribution in [2.24, 2.45) is 5.84 Å². The summed E-state index contributed by atoms with van der Waals surface area (Å²) < 4.78 is 0.789. The molecule has 0 unspecified atom stereocenters. The van der Waals surface area contributed by atoms with E-state index in [-0.39, 0.29) is 5.92 Å². The first-order valence-electron chi connectivity index (χ1n) is 6.07. The number of aromatic nitrogens is 2. The van der Waals surface area contributed by atoms with Crippen molar-refractivity contribution in [1.82, 2.24) is 9.97 Å². The summed E-state index contributed by atoms with van der Waals surface area (Å²) >= 11 is 9.55. The van der Waals surface area contributed by atoms with Crippen molar-refractivity contribution in [3.63, 3.8) is 0 Å². The zero-order chi connectivity index (χ0) is 14.7. The summed E-state index contributed by atoms with van der Waals surface area (Å²) in [5.74, 6) is 7.02. The molecule has 0 atom stereocenters. The molecule has 1 aromatic heterocycles. The number of rotatable bonds is 4. The molecule has 7 heteroatoms. The van der Waals surface area contributed by atoms with Gasteiger partial charge in [-0.25, -0.2) is 15.8 Å². The van der Waals surface area contributed by atoms with Gasteiger partial charge in [0.1, 0.15) is 18.0 Å². The number of anilines is 3. The summed E-state index contributed by atoms with van der Waals surface area (Å²) in [5.41, 5.74) is 4.35. The highest BCUT2D eigenvalue weighted by atomic mass is 79.9. The molecule has 2 aromatic rings. The topological polar surface area (TPSA) is 75.9 Å². The van der Waals surface area contributed by atoms with Crippen molar-refractivity contribution in [2.75, 3.05) is 10.7 Å². The maximum atomic E-state index is 6.09. The van der Waals surface area contributed by atoms with Gasteiger partial charge in [0, 0.05) is 5.56 Å². The summed E-state index contributed by atoms with van der Waals surface area (Å²) in [5, 5.41) is 3.89. The fourth-order valence-electron chi connectivity index (χ4n) is 1.88. The Morgan fingerprint density at radius 3 is 2.60 bits per heavy atom. The Labute approximate surface area is 131 Å². The molecule has 0 aliphatic rings. The van der Waals surface area contributed by atoms with Crippen molar-refractivity contribution in [2.45, 2.75) is 19.8 Å². The maximum Gasteiger partial charge on any atom is 0.148 e. The number of hydrogen-bond donors (Lipinski definition) is 3. The molecular weight excluding hydrogens is 342 g/mol. The summed E-state index contributed by atoms with van der Waals surface area (Å²) in [6, 6.07) is 5.60. The van der Waals surface area contributed by atoms with Gasteiger partial charge in [0.15, 0.2) is 0 Å². The molecule has 0 aliphatic heterocycles. The van der Waals surface area contributed by atoms with E-state index in [1.54, 1.807) is 0 Å². The smallest absolute Gasteiger partial charge is 0.148 e. The number of benzene rings is 1. The monoisotopic (exact) mass is 355 g/mol. The molecule has 0 bridgehead atoms. The molecule has 0 saturated heterocycles. The van der Waals surface area contributed by atoms with Gasteiger partial charge in [-0.3, -0.25) is 0 Å². The molecule has 0 fully saturated rings. The molecule has 1 aromatic carbocycles. The predicted molar refractivity (Wildman–Crippen MR) is 86.4 cm³/mol. The highest BCUT2D eigenvalue weighted by molar-refractivity contribution is 9.10. The number of hydrazine groups is 1. The SMILES string of the molecule is CC(C)c1c(NN)ncnc1Nc1cccc(Cl)c1Br. The Kier molecular flexibility index (Phi) is 4.80. The highest BCUT2D eigenvalue weighted by Crippen LogP contribution is 2.35. The van der Waals surface area contributed by atoms with E-state index in [0.717, 1.165) is 15.7 Å². The first-order chi connectivity index (χ1) is 9.54. The zero-order valence-electron chi connectivity index (χ0n) is 11.1. The first kappa shape index (κ1) is 15.0. The van der Waals surface area contributed by atoms with E-state index >= 15 is 0 Å². The first-order valence-corrected chi connectivity index (χ1v) is 7.24. The molecule has 0 radical (unpaired) electrons. The van der Waals surface area contributed by atoms with Crippen LogP contribution in [0.2, 0.25) is 5.02 Å². The van der Waals surface area contributed by atoms with Crippen LogP contribution in [-0.4, -0.2) is 9.97 Å². The second-order valence-corrected chi connectivity index (χ2v) is 5.71. The van der Waals surface area contributed by atoms with Crippen molar-refractivity contribution in [3.05, 3.63) is 39.6 Å². The lowest BCUT2D eigenvalue weighted by Gasteiger charge is -2.17. The number of nitrogen functional groups attached to an aromatic ring is 1. The van der Waals surface area contributed by atoms with Gasteiger partial charge in [0.2, 0.25) is 0 Å². The van der Waals surface area contributed by atoms with E-state index in [0.29, 0.717) is 16.7 Å². The van der Waals surface area contributed by atoms with Crippen LogP contribution in [0.25, 0.3) is 0 Å². The maximum absolute atomic E-state index is 6.09. The van der Waals surface area contributed by atoms with Crippen LogP contribution in [0.3, 0.4) is 0 Å². The van der Waals surface area contributed by atoms with Gasteiger partial charge in [-0.1, -0.05) is 31.5 Å². The molecule has 106 valence electrons. The van der Waals surface area contributed by atoms with E-state index in [1.807, 2.05) is 18.2 Å². The molecule has 0 amide bonds. The summed E-state index contributed by atoms with van der Waals surface area (Å²) in [6.07, 6.45) is 1.46. The number of nitrogens with two attached hydrogens (primary N) is 1. The van der Waals surface area contributed by atoms with Crippen molar-refractivity contribution in [1.29, 1.82) is 0 Å². The molecule has 2 rings (SSSR count). The van der Waals surface area contributed by atoms with Gasteiger partial charge in [0.05, 0.1) is 15.2 Å². The van der Waals surface area contributed by atoms with Crippen LogP contribution >= 0.6 is 27.5 Å². The molecule has 5 nitrogen and oxygen atoms in total. The number of hydrogen-bond acceptors (Lipinski definition) is 5. The van der Waals surface area contributed by atoms with Crippen LogP contribution < -0.4 is 16.6 Å². The number of halogens is 2. The fourth-order valence-corrected chi connectivity index (χ4v) is 2.42. The lowest BCUT2D eigenvalue weighted by molar-refractivity contribution is 0.850. The lowest BCUT2D eigenvalue weighted by Crippen LogP contribution is -2.14. The number of nitrogens with zero attached hydrogens (tertiary/aromatic N) is 2. The third-order valence-electron chi connectivity index (χ3n) is 2.80. The molecule has 20 heavy (non-hydrogen) atoms. The Balaban J connectivity index is 2.46. The van der Waals surface area contributed by atoms with Crippen LogP contribution in [0.5, 0.6) is 0 Å². The largest absolute Gasteiger partial charge is 0.339 e. The molecule has 1 heterocycles. The van der Waals surface area contributed by atoms with Crippen LogP contribution in [0.1, 0.15) is 25.3 Å². The molecule has 0 saturated carbocycles. The van der Waals surface area contributed by atoms with E-state index in [9.17, 15) is 0 Å². The predicted octanol–water partition coefficient (Wildman–Crippen LogP) is 4.05. The Hall–Kier alpha value is -1.37. The number of nitrogens with one attached hydrogen (secondary N) is 2. The third-order valence-corrected chi connectivity index (χ3v) is 4.20. The van der Waals surface area contributed by atoms with Gasteiger partial charge in [-0.2, -0.15) is 0 Å². The second kappa shape index (κ2) is 6.39. The van der Waals surface area contributed by atoms with Gasteiger partial charge in [-0.15, -0.1) is 0 Å². The average molecular weight is 357 g/mol. The van der Waals surface area contributed by atoms with Crippen molar-refractivity contribution < 1.29 is 0 Å². The Morgan fingerprint density at radius 2 is 1.95 bits per heavy atom. The zero-order valence-corrected chi connectivity index (χ0v) is 13.5. The lowest BCUT2D eigenvalue weighted by atomic mass is 10.0. The van der Waals surface area contributed by atoms with Crippen LogP contribution in [0.15, 0.2) is 29.0 Å². The average Bonchev–Trinajstić information content (AvgIpc) is 2.43. The Bertz CT molecular complexity index is 618. The third kappa shape index (κ3) is 3.03. The van der Waals surface area contributed by atoms with E-state index in [1.165, 1.54) is 6.33 Å².